The minimum atomic E-state index is -0.0845. The van der Waals surface area contributed by atoms with Gasteiger partial charge in [0, 0.05) is 12.1 Å². The quantitative estimate of drug-likeness (QED) is 0.908. The average Bonchev–Trinajstić information content (AvgIpc) is 2.32. The Kier molecular flexibility index (Phi) is 3.80. The molecule has 1 saturated heterocycles. The van der Waals surface area contributed by atoms with Crippen molar-refractivity contribution in [3.05, 3.63) is 24.3 Å². The van der Waals surface area contributed by atoms with E-state index < -0.39 is 0 Å². The summed E-state index contributed by atoms with van der Waals surface area (Å²) in [7, 11) is 0. The van der Waals surface area contributed by atoms with Gasteiger partial charge in [-0.05, 0) is 39.8 Å². The van der Waals surface area contributed by atoms with E-state index >= 15 is 0 Å². The highest BCUT2D eigenvalue weighted by atomic mass is 16.5. The molecular formula is C15H22N2O2. The van der Waals surface area contributed by atoms with Crippen molar-refractivity contribution in [3.8, 4) is 5.75 Å². The van der Waals surface area contributed by atoms with Crippen molar-refractivity contribution in [1.82, 2.24) is 5.32 Å². The Hall–Kier alpha value is -1.55. The zero-order valence-corrected chi connectivity index (χ0v) is 12.1. The summed E-state index contributed by atoms with van der Waals surface area (Å²) in [6.45, 7) is 9.17. The Labute approximate surface area is 114 Å². The second-order valence-electron chi connectivity index (χ2n) is 5.85. The van der Waals surface area contributed by atoms with Crippen molar-refractivity contribution in [1.29, 1.82) is 0 Å². The van der Waals surface area contributed by atoms with Crippen LogP contribution in [0, 0.1) is 0 Å². The van der Waals surface area contributed by atoms with Crippen molar-refractivity contribution in [3.63, 3.8) is 0 Å². The molecule has 0 atom stereocenters. The molecule has 1 aliphatic rings. The molecule has 0 aliphatic carbocycles. The Morgan fingerprint density at radius 3 is 2.68 bits per heavy atom. The first-order valence-corrected chi connectivity index (χ1v) is 6.70. The Morgan fingerprint density at radius 2 is 2.00 bits per heavy atom. The van der Waals surface area contributed by atoms with Crippen LogP contribution in [0.1, 0.15) is 27.7 Å². The number of nitrogens with one attached hydrogen (secondary N) is 1. The van der Waals surface area contributed by atoms with Crippen molar-refractivity contribution >= 4 is 11.6 Å². The summed E-state index contributed by atoms with van der Waals surface area (Å²) in [6, 6.07) is 7.72. The molecule has 2 rings (SSSR count). The molecule has 0 unspecified atom stereocenters. The second-order valence-corrected chi connectivity index (χ2v) is 5.85. The minimum Gasteiger partial charge on any atom is -0.489 e. The van der Waals surface area contributed by atoms with Gasteiger partial charge in [-0.15, -0.1) is 0 Å². The third kappa shape index (κ3) is 3.26. The highest BCUT2D eigenvalue weighted by molar-refractivity contribution is 5.97. The maximum Gasteiger partial charge on any atom is 0.241 e. The lowest BCUT2D eigenvalue weighted by molar-refractivity contribution is -0.119. The lowest BCUT2D eigenvalue weighted by Gasteiger charge is -2.39. The third-order valence-corrected chi connectivity index (χ3v) is 3.09. The number of carbonyl (C=O) groups is 1. The van der Waals surface area contributed by atoms with E-state index in [4.69, 9.17) is 4.74 Å². The van der Waals surface area contributed by atoms with Crippen molar-refractivity contribution in [2.45, 2.75) is 39.3 Å². The molecule has 1 heterocycles. The molecule has 0 spiro atoms. The molecule has 0 saturated carbocycles. The molecule has 1 amide bonds. The topological polar surface area (TPSA) is 41.6 Å². The molecule has 4 heteroatoms. The van der Waals surface area contributed by atoms with Gasteiger partial charge in [0.25, 0.3) is 0 Å². The van der Waals surface area contributed by atoms with Gasteiger partial charge < -0.3 is 15.0 Å². The van der Waals surface area contributed by atoms with E-state index in [9.17, 15) is 4.79 Å². The standard InChI is InChI=1S/C15H22N2O2/c1-11(2)19-13-8-6-5-7-12(13)17-10-15(3,4)16-9-14(17)18/h5-8,11,16H,9-10H2,1-4H3. The number of hydrogen-bond donors (Lipinski definition) is 1. The first-order chi connectivity index (χ1) is 8.89. The van der Waals surface area contributed by atoms with Crippen LogP contribution in [-0.4, -0.2) is 30.6 Å². The van der Waals surface area contributed by atoms with Gasteiger partial charge >= 0.3 is 0 Å². The summed E-state index contributed by atoms with van der Waals surface area (Å²) in [4.78, 5) is 13.9. The fraction of sp³-hybridized carbons (Fsp3) is 0.533. The fourth-order valence-corrected chi connectivity index (χ4v) is 2.20. The monoisotopic (exact) mass is 262 g/mol. The number of nitrogens with zero attached hydrogens (tertiary/aromatic N) is 1. The molecule has 0 bridgehead atoms. The fourth-order valence-electron chi connectivity index (χ4n) is 2.20. The summed E-state index contributed by atoms with van der Waals surface area (Å²) in [6.07, 6.45) is 0.0900. The van der Waals surface area contributed by atoms with Gasteiger partial charge in [-0.3, -0.25) is 4.79 Å². The zero-order chi connectivity index (χ0) is 14.0. The number of amides is 1. The zero-order valence-electron chi connectivity index (χ0n) is 12.1. The summed E-state index contributed by atoms with van der Waals surface area (Å²) in [5, 5.41) is 3.24. The van der Waals surface area contributed by atoms with E-state index in [1.165, 1.54) is 0 Å². The molecule has 1 aromatic carbocycles. The lowest BCUT2D eigenvalue weighted by Crippen LogP contribution is -2.60. The molecule has 1 aromatic rings. The van der Waals surface area contributed by atoms with Crippen LogP contribution in [-0.2, 0) is 4.79 Å². The number of benzene rings is 1. The van der Waals surface area contributed by atoms with Crippen LogP contribution in [0.5, 0.6) is 5.75 Å². The van der Waals surface area contributed by atoms with Crippen LogP contribution < -0.4 is 15.0 Å². The summed E-state index contributed by atoms with van der Waals surface area (Å²) in [5.41, 5.74) is 0.773. The van der Waals surface area contributed by atoms with E-state index in [1.807, 2.05) is 43.0 Å². The molecule has 0 aromatic heterocycles. The van der Waals surface area contributed by atoms with Crippen molar-refractivity contribution in [2.24, 2.45) is 0 Å². The SMILES string of the molecule is CC(C)Oc1ccccc1N1CC(C)(C)NCC1=O. The van der Waals surface area contributed by atoms with Crippen molar-refractivity contribution < 1.29 is 9.53 Å². The maximum atomic E-state index is 12.1. The smallest absolute Gasteiger partial charge is 0.241 e. The first kappa shape index (κ1) is 13.9. The van der Waals surface area contributed by atoms with E-state index in [-0.39, 0.29) is 17.6 Å². The molecule has 1 N–H and O–H groups in total. The van der Waals surface area contributed by atoms with Gasteiger partial charge in [-0.25, -0.2) is 0 Å². The Balaban J connectivity index is 2.32. The van der Waals surface area contributed by atoms with E-state index in [2.05, 4.69) is 19.2 Å². The second kappa shape index (κ2) is 5.21. The molecule has 19 heavy (non-hydrogen) atoms. The number of anilines is 1. The number of para-hydroxylation sites is 2. The summed E-state index contributed by atoms with van der Waals surface area (Å²) >= 11 is 0. The van der Waals surface area contributed by atoms with E-state index in [1.54, 1.807) is 0 Å². The number of hydrogen-bond acceptors (Lipinski definition) is 3. The third-order valence-electron chi connectivity index (χ3n) is 3.09. The van der Waals surface area contributed by atoms with Gasteiger partial charge in [0.05, 0.1) is 18.3 Å². The van der Waals surface area contributed by atoms with Crippen LogP contribution in [0.25, 0.3) is 0 Å². The Morgan fingerprint density at radius 1 is 1.32 bits per heavy atom. The maximum absolute atomic E-state index is 12.1. The van der Waals surface area contributed by atoms with Crippen LogP contribution >= 0.6 is 0 Å². The van der Waals surface area contributed by atoms with Gasteiger partial charge in [-0.2, -0.15) is 0 Å². The number of ether oxygens (including phenoxy) is 1. The lowest BCUT2D eigenvalue weighted by atomic mass is 10.0. The molecular weight excluding hydrogens is 240 g/mol. The molecule has 1 aliphatic heterocycles. The molecule has 4 nitrogen and oxygen atoms in total. The predicted molar refractivity (Wildman–Crippen MR) is 76.6 cm³/mol. The summed E-state index contributed by atoms with van der Waals surface area (Å²) < 4.78 is 5.80. The van der Waals surface area contributed by atoms with Crippen LogP contribution in [0.4, 0.5) is 5.69 Å². The van der Waals surface area contributed by atoms with E-state index in [0.29, 0.717) is 13.1 Å². The van der Waals surface area contributed by atoms with Crippen LogP contribution in [0.15, 0.2) is 24.3 Å². The van der Waals surface area contributed by atoms with Gasteiger partial charge in [0.1, 0.15) is 5.75 Å². The van der Waals surface area contributed by atoms with Crippen LogP contribution in [0.2, 0.25) is 0 Å². The molecule has 1 fully saturated rings. The number of carbonyl (C=O) groups excluding carboxylic acids is 1. The van der Waals surface area contributed by atoms with Gasteiger partial charge in [-0.1, -0.05) is 12.1 Å². The highest BCUT2D eigenvalue weighted by Crippen LogP contribution is 2.31. The van der Waals surface area contributed by atoms with Crippen molar-refractivity contribution in [2.75, 3.05) is 18.0 Å². The van der Waals surface area contributed by atoms with Gasteiger partial charge in [0.15, 0.2) is 0 Å². The Bertz CT molecular complexity index is 469. The normalized spacial score (nSPS) is 18.8. The number of piperazine rings is 1. The average molecular weight is 262 g/mol. The largest absolute Gasteiger partial charge is 0.489 e. The molecule has 104 valence electrons. The van der Waals surface area contributed by atoms with E-state index in [0.717, 1.165) is 11.4 Å². The highest BCUT2D eigenvalue weighted by Gasteiger charge is 2.32. The predicted octanol–water partition coefficient (Wildman–Crippen LogP) is 2.19. The minimum absolute atomic E-state index is 0.0825. The number of rotatable bonds is 3. The van der Waals surface area contributed by atoms with Crippen LogP contribution in [0.3, 0.4) is 0 Å². The van der Waals surface area contributed by atoms with Gasteiger partial charge in [0.2, 0.25) is 5.91 Å². The first-order valence-electron chi connectivity index (χ1n) is 6.70. The summed E-state index contributed by atoms with van der Waals surface area (Å²) in [5.74, 6) is 0.850. The molecule has 0 radical (unpaired) electrons.